The van der Waals surface area contributed by atoms with Crippen LogP contribution < -0.4 is 11.1 Å². The van der Waals surface area contributed by atoms with E-state index in [2.05, 4.69) is 5.32 Å². The first-order valence-electron chi connectivity index (χ1n) is 3.20. The van der Waals surface area contributed by atoms with Crippen LogP contribution in [0.25, 0.3) is 0 Å². The molecule has 0 fully saturated rings. The van der Waals surface area contributed by atoms with Crippen molar-refractivity contribution < 1.29 is 9.59 Å². The molecule has 64 valence electrons. The normalized spacial score (nSPS) is 12.7. The smallest absolute Gasteiger partial charge is 0.312 e. The van der Waals surface area contributed by atoms with E-state index in [4.69, 9.17) is 17.3 Å². The third-order valence-electron chi connectivity index (χ3n) is 1.21. The second-order valence-corrected chi connectivity index (χ2v) is 2.91. The maximum Gasteiger partial charge on any atom is 0.312 e. The van der Waals surface area contributed by atoms with E-state index in [0.29, 0.717) is 0 Å². The molecule has 0 aromatic heterocycles. The van der Waals surface area contributed by atoms with Gasteiger partial charge in [0, 0.05) is 0 Å². The highest BCUT2D eigenvalue weighted by atomic mass is 35.5. The summed E-state index contributed by atoms with van der Waals surface area (Å²) in [5, 5.41) is 1.64. The molecule has 0 aliphatic rings. The van der Waals surface area contributed by atoms with Crippen LogP contribution in [0.2, 0.25) is 0 Å². The zero-order chi connectivity index (χ0) is 9.02. The molecule has 3 N–H and O–H groups in total. The molecule has 0 aliphatic carbocycles. The number of hydrogen-bond acceptors (Lipinski definition) is 2. The summed E-state index contributed by atoms with van der Waals surface area (Å²) in [5.41, 5.74) is 4.81. The van der Waals surface area contributed by atoms with Gasteiger partial charge in [-0.15, -0.1) is 0 Å². The van der Waals surface area contributed by atoms with Crippen LogP contribution in [0.5, 0.6) is 0 Å². The fourth-order valence-electron chi connectivity index (χ4n) is 0.639. The van der Waals surface area contributed by atoms with Gasteiger partial charge in [-0.05, 0) is 17.5 Å². The number of carbonyl (C=O) groups is 2. The van der Waals surface area contributed by atoms with Crippen LogP contribution in [-0.4, -0.2) is 17.3 Å². The molecule has 0 saturated carbocycles. The topological polar surface area (TPSA) is 72.2 Å². The van der Waals surface area contributed by atoms with Crippen LogP contribution in [0.4, 0.5) is 4.79 Å². The van der Waals surface area contributed by atoms with Crippen LogP contribution in [0, 0.1) is 5.92 Å². The lowest BCUT2D eigenvalue weighted by atomic mass is 10.1. The van der Waals surface area contributed by atoms with Gasteiger partial charge in [0.15, 0.2) is 0 Å². The maximum atomic E-state index is 10.6. The highest BCUT2D eigenvalue weighted by Gasteiger charge is 2.20. The van der Waals surface area contributed by atoms with E-state index in [9.17, 15) is 9.59 Å². The highest BCUT2D eigenvalue weighted by Crippen LogP contribution is 2.04. The van der Waals surface area contributed by atoms with Crippen LogP contribution in [0.3, 0.4) is 0 Å². The van der Waals surface area contributed by atoms with Crippen molar-refractivity contribution in [3.05, 3.63) is 0 Å². The second kappa shape index (κ2) is 4.18. The molecule has 0 heterocycles. The molecule has 0 bridgehead atoms. The molecule has 11 heavy (non-hydrogen) atoms. The number of nitrogens with two attached hydrogens (primary N) is 1. The predicted octanol–water partition coefficient (Wildman–Crippen LogP) is 0.445. The van der Waals surface area contributed by atoms with Crippen LogP contribution in [-0.2, 0) is 4.79 Å². The molecule has 2 amide bonds. The van der Waals surface area contributed by atoms with E-state index >= 15 is 0 Å². The van der Waals surface area contributed by atoms with Gasteiger partial charge in [-0.1, -0.05) is 13.8 Å². The van der Waals surface area contributed by atoms with Crippen LogP contribution in [0.15, 0.2) is 0 Å². The summed E-state index contributed by atoms with van der Waals surface area (Å²) in [6, 6.07) is -1.42. The quantitative estimate of drug-likeness (QED) is 0.616. The molecular weight excluding hydrogens is 168 g/mol. The lowest BCUT2D eigenvalue weighted by molar-refractivity contribution is -0.114. The Bertz CT molecular complexity index is 170. The first kappa shape index (κ1) is 10.2. The third-order valence-corrected chi connectivity index (χ3v) is 1.44. The highest BCUT2D eigenvalue weighted by molar-refractivity contribution is 6.64. The zero-order valence-electron chi connectivity index (χ0n) is 6.43. The molecule has 0 saturated heterocycles. The number of halogens is 1. The minimum Gasteiger partial charge on any atom is -0.352 e. The van der Waals surface area contributed by atoms with Crippen molar-refractivity contribution in [1.82, 2.24) is 5.32 Å². The van der Waals surface area contributed by atoms with E-state index in [1.165, 1.54) is 0 Å². The Labute approximate surface area is 70.1 Å². The Morgan fingerprint density at radius 2 is 1.91 bits per heavy atom. The maximum absolute atomic E-state index is 10.6. The van der Waals surface area contributed by atoms with Crippen molar-refractivity contribution >= 4 is 22.9 Å². The number of primary amides is 1. The van der Waals surface area contributed by atoms with Gasteiger partial charge in [0.2, 0.25) is 5.24 Å². The average Bonchev–Trinajstić information content (AvgIpc) is 1.81. The minimum atomic E-state index is -0.738. The van der Waals surface area contributed by atoms with Crippen molar-refractivity contribution in [3.63, 3.8) is 0 Å². The van der Waals surface area contributed by atoms with E-state index in [1.807, 2.05) is 0 Å². The van der Waals surface area contributed by atoms with Gasteiger partial charge in [0.05, 0.1) is 0 Å². The molecule has 5 heteroatoms. The van der Waals surface area contributed by atoms with Crippen molar-refractivity contribution in [3.8, 4) is 0 Å². The number of nitrogens with one attached hydrogen (secondary N) is 1. The molecular formula is C6H11ClN2O2. The van der Waals surface area contributed by atoms with Gasteiger partial charge in [0.25, 0.3) is 0 Å². The Morgan fingerprint density at radius 1 is 1.45 bits per heavy atom. The van der Waals surface area contributed by atoms with Crippen molar-refractivity contribution in [2.24, 2.45) is 11.7 Å². The fraction of sp³-hybridized carbons (Fsp3) is 0.667. The first-order chi connectivity index (χ1) is 4.95. The monoisotopic (exact) mass is 178 g/mol. The van der Waals surface area contributed by atoms with Crippen LogP contribution >= 0.6 is 11.6 Å². The van der Waals surface area contributed by atoms with E-state index in [-0.39, 0.29) is 5.92 Å². The summed E-state index contributed by atoms with van der Waals surface area (Å²) in [6.45, 7) is 3.53. The lowest BCUT2D eigenvalue weighted by Crippen LogP contribution is -2.45. The summed E-state index contributed by atoms with van der Waals surface area (Å²) >= 11 is 5.17. The molecule has 0 rings (SSSR count). The Kier molecular flexibility index (Phi) is 3.89. The SMILES string of the molecule is CC(C)C(NC(N)=O)C(=O)Cl. The van der Waals surface area contributed by atoms with Gasteiger partial charge in [-0.3, -0.25) is 4.79 Å². The summed E-state index contributed by atoms with van der Waals surface area (Å²) in [6.07, 6.45) is 0. The Balaban J connectivity index is 4.12. The van der Waals surface area contributed by atoms with Gasteiger partial charge in [-0.2, -0.15) is 0 Å². The standard InChI is InChI=1S/C6H11ClN2O2/c1-3(2)4(5(7)10)9-6(8)11/h3-4H,1-2H3,(H3,8,9,11). The molecule has 0 aromatic rings. The number of rotatable bonds is 3. The van der Waals surface area contributed by atoms with Gasteiger partial charge >= 0.3 is 6.03 Å². The van der Waals surface area contributed by atoms with E-state index in [0.717, 1.165) is 0 Å². The molecule has 0 spiro atoms. The van der Waals surface area contributed by atoms with Crippen molar-refractivity contribution in [2.45, 2.75) is 19.9 Å². The first-order valence-corrected chi connectivity index (χ1v) is 3.58. The van der Waals surface area contributed by atoms with E-state index in [1.54, 1.807) is 13.8 Å². The molecule has 4 nitrogen and oxygen atoms in total. The predicted molar refractivity (Wildman–Crippen MR) is 42.2 cm³/mol. The minimum absolute atomic E-state index is 0.0486. The van der Waals surface area contributed by atoms with Crippen molar-refractivity contribution in [2.75, 3.05) is 0 Å². The van der Waals surface area contributed by atoms with Crippen molar-refractivity contribution in [1.29, 1.82) is 0 Å². The van der Waals surface area contributed by atoms with Gasteiger partial charge in [0.1, 0.15) is 6.04 Å². The number of amides is 2. The molecule has 1 unspecified atom stereocenters. The number of carbonyl (C=O) groups excluding carboxylic acids is 2. The molecule has 0 aromatic carbocycles. The average molecular weight is 179 g/mol. The zero-order valence-corrected chi connectivity index (χ0v) is 7.18. The van der Waals surface area contributed by atoms with Gasteiger partial charge in [-0.25, -0.2) is 4.79 Å². The third kappa shape index (κ3) is 3.83. The number of hydrogen-bond donors (Lipinski definition) is 2. The largest absolute Gasteiger partial charge is 0.352 e. The Morgan fingerprint density at radius 3 is 2.00 bits per heavy atom. The molecule has 1 atom stereocenters. The van der Waals surface area contributed by atoms with E-state index < -0.39 is 17.3 Å². The fourth-order valence-corrected chi connectivity index (χ4v) is 0.945. The summed E-state index contributed by atoms with van der Waals surface area (Å²) in [7, 11) is 0. The lowest BCUT2D eigenvalue weighted by Gasteiger charge is -2.16. The summed E-state index contributed by atoms with van der Waals surface area (Å²) in [4.78, 5) is 20.9. The second-order valence-electron chi connectivity index (χ2n) is 2.53. The molecule has 0 radical (unpaired) electrons. The molecule has 0 aliphatic heterocycles. The Hall–Kier alpha value is -0.770. The van der Waals surface area contributed by atoms with Gasteiger partial charge < -0.3 is 11.1 Å². The number of urea groups is 1. The van der Waals surface area contributed by atoms with Crippen LogP contribution in [0.1, 0.15) is 13.8 Å². The summed E-state index contributed by atoms with van der Waals surface area (Å²) < 4.78 is 0. The summed E-state index contributed by atoms with van der Waals surface area (Å²) in [5.74, 6) is -0.0486.